The average Bonchev–Trinajstić information content (AvgIpc) is 3.28. The number of carbonyl (C=O) groups is 2. The number of benzene rings is 1. The third-order valence-corrected chi connectivity index (χ3v) is 6.05. The fraction of sp³-hybridized carbons (Fsp3) is 0.478. The summed E-state index contributed by atoms with van der Waals surface area (Å²) in [6, 6.07) is 12.1. The molecule has 1 unspecified atom stereocenters. The van der Waals surface area contributed by atoms with Gasteiger partial charge < -0.3 is 20.0 Å². The molecule has 1 atom stereocenters. The molecule has 2 aromatic rings. The van der Waals surface area contributed by atoms with Crippen LogP contribution in [0.2, 0.25) is 0 Å². The third-order valence-electron chi connectivity index (χ3n) is 6.05. The van der Waals surface area contributed by atoms with E-state index in [2.05, 4.69) is 15.2 Å². The maximum atomic E-state index is 12.8. The predicted molar refractivity (Wildman–Crippen MR) is 120 cm³/mol. The molecule has 8 nitrogen and oxygen atoms in total. The van der Waals surface area contributed by atoms with Crippen LogP contribution in [0.4, 0.5) is 10.7 Å². The minimum absolute atomic E-state index is 0.0167. The van der Waals surface area contributed by atoms with Crippen molar-refractivity contribution >= 4 is 17.9 Å². The lowest BCUT2D eigenvalue weighted by Crippen LogP contribution is -2.48. The molecule has 4 rings (SSSR count). The first-order valence-corrected chi connectivity index (χ1v) is 10.9. The van der Waals surface area contributed by atoms with Crippen molar-refractivity contribution < 1.29 is 9.59 Å². The topological polar surface area (TPSA) is 81.7 Å². The Bertz CT molecular complexity index is 911. The van der Waals surface area contributed by atoms with E-state index in [-0.39, 0.29) is 23.9 Å². The van der Waals surface area contributed by atoms with Gasteiger partial charge in [-0.3, -0.25) is 4.79 Å². The normalized spacial score (nSPS) is 19.4. The molecule has 2 saturated heterocycles. The molecule has 0 aliphatic carbocycles. The van der Waals surface area contributed by atoms with Crippen LogP contribution >= 0.6 is 0 Å². The lowest BCUT2D eigenvalue weighted by Gasteiger charge is -2.33. The summed E-state index contributed by atoms with van der Waals surface area (Å²) in [6.07, 6.45) is 4.09. The van der Waals surface area contributed by atoms with E-state index in [1.807, 2.05) is 41.3 Å². The first-order valence-electron chi connectivity index (χ1n) is 10.9. The predicted octanol–water partition coefficient (Wildman–Crippen LogP) is 2.23. The zero-order valence-corrected chi connectivity index (χ0v) is 18.2. The van der Waals surface area contributed by atoms with Gasteiger partial charge in [-0.15, -0.1) is 0 Å². The Kier molecular flexibility index (Phi) is 6.34. The van der Waals surface area contributed by atoms with Gasteiger partial charge in [-0.2, -0.15) is 0 Å². The number of hydrogen-bond donors (Lipinski definition) is 1. The molecule has 31 heavy (non-hydrogen) atoms. The first-order chi connectivity index (χ1) is 15.0. The van der Waals surface area contributed by atoms with Crippen LogP contribution in [-0.2, 0) is 4.79 Å². The zero-order valence-electron chi connectivity index (χ0n) is 18.2. The van der Waals surface area contributed by atoms with Crippen LogP contribution in [0.15, 0.2) is 42.6 Å². The minimum atomic E-state index is -0.0297. The summed E-state index contributed by atoms with van der Waals surface area (Å²) >= 11 is 0. The van der Waals surface area contributed by atoms with E-state index in [0.29, 0.717) is 38.4 Å². The molecule has 2 aliphatic heterocycles. The molecule has 1 aromatic heterocycles. The monoisotopic (exact) mass is 422 g/mol. The summed E-state index contributed by atoms with van der Waals surface area (Å²) in [5, 5.41) is 3.21. The number of nitrogens with zero attached hydrogens (tertiary/aromatic N) is 5. The summed E-state index contributed by atoms with van der Waals surface area (Å²) in [4.78, 5) is 39.6. The maximum absolute atomic E-state index is 12.8. The summed E-state index contributed by atoms with van der Waals surface area (Å²) in [6.45, 7) is 2.79. The van der Waals surface area contributed by atoms with Crippen molar-refractivity contribution in [1.82, 2.24) is 25.1 Å². The highest BCUT2D eigenvalue weighted by Crippen LogP contribution is 2.23. The van der Waals surface area contributed by atoms with E-state index < -0.39 is 0 Å². The number of likely N-dealkylation sites (tertiary alicyclic amines) is 1. The summed E-state index contributed by atoms with van der Waals surface area (Å²) in [5.41, 5.74) is 1.96. The Morgan fingerprint density at radius 2 is 1.77 bits per heavy atom. The van der Waals surface area contributed by atoms with Crippen molar-refractivity contribution in [3.05, 3.63) is 42.6 Å². The molecular formula is C23H30N6O2. The number of amides is 3. The zero-order chi connectivity index (χ0) is 21.8. The number of piperidine rings is 1. The number of rotatable bonds is 4. The second-order valence-electron chi connectivity index (χ2n) is 8.49. The molecule has 3 amide bonds. The minimum Gasteiger partial charge on any atom is -0.351 e. The fourth-order valence-electron chi connectivity index (χ4n) is 4.27. The highest BCUT2D eigenvalue weighted by Gasteiger charge is 2.31. The standard InChI is InChI=1S/C23H30N6O2/c1-27(2)23(31)28-13-9-18(10-14-28)21(30)25-19-11-15-29(16-19)22-24-12-8-20(26-22)17-6-4-3-5-7-17/h3-8,12,18-19H,9-11,13-16H2,1-2H3,(H,25,30). The summed E-state index contributed by atoms with van der Waals surface area (Å²) < 4.78 is 0. The Balaban J connectivity index is 1.30. The first kappa shape index (κ1) is 21.1. The molecule has 3 heterocycles. The number of anilines is 1. The van der Waals surface area contributed by atoms with Crippen LogP contribution in [0, 0.1) is 5.92 Å². The molecule has 1 N–H and O–H groups in total. The van der Waals surface area contributed by atoms with Gasteiger partial charge in [0, 0.05) is 64.0 Å². The number of nitrogens with one attached hydrogen (secondary N) is 1. The van der Waals surface area contributed by atoms with Gasteiger partial charge in [0.05, 0.1) is 5.69 Å². The smallest absolute Gasteiger partial charge is 0.319 e. The van der Waals surface area contributed by atoms with E-state index in [0.717, 1.165) is 24.2 Å². The van der Waals surface area contributed by atoms with Gasteiger partial charge in [-0.1, -0.05) is 30.3 Å². The van der Waals surface area contributed by atoms with Crippen LogP contribution in [0.25, 0.3) is 11.3 Å². The van der Waals surface area contributed by atoms with Crippen LogP contribution in [-0.4, -0.2) is 78.0 Å². The van der Waals surface area contributed by atoms with Crippen molar-refractivity contribution in [2.45, 2.75) is 25.3 Å². The molecule has 0 radical (unpaired) electrons. The van der Waals surface area contributed by atoms with Crippen LogP contribution in [0.5, 0.6) is 0 Å². The number of urea groups is 1. The second kappa shape index (κ2) is 9.32. The summed E-state index contributed by atoms with van der Waals surface area (Å²) in [5.74, 6) is 0.772. The fourth-order valence-corrected chi connectivity index (χ4v) is 4.27. The second-order valence-corrected chi connectivity index (χ2v) is 8.49. The highest BCUT2D eigenvalue weighted by atomic mass is 16.2. The van der Waals surface area contributed by atoms with Gasteiger partial charge >= 0.3 is 6.03 Å². The number of hydrogen-bond acceptors (Lipinski definition) is 5. The van der Waals surface area contributed by atoms with Crippen molar-refractivity contribution in [2.24, 2.45) is 5.92 Å². The Hall–Kier alpha value is -3.16. The quantitative estimate of drug-likeness (QED) is 0.817. The van der Waals surface area contributed by atoms with Crippen molar-refractivity contribution in [3.8, 4) is 11.3 Å². The molecule has 0 spiro atoms. The van der Waals surface area contributed by atoms with E-state index >= 15 is 0 Å². The third kappa shape index (κ3) is 4.95. The van der Waals surface area contributed by atoms with Gasteiger partial charge in [-0.25, -0.2) is 14.8 Å². The number of carbonyl (C=O) groups excluding carboxylic acids is 2. The summed E-state index contributed by atoms with van der Waals surface area (Å²) in [7, 11) is 3.51. The SMILES string of the molecule is CN(C)C(=O)N1CCC(C(=O)NC2CCN(c3nccc(-c4ccccc4)n3)C2)CC1. The average molecular weight is 423 g/mol. The van der Waals surface area contributed by atoms with E-state index in [1.54, 1.807) is 25.2 Å². The van der Waals surface area contributed by atoms with E-state index in [1.165, 1.54) is 0 Å². The lowest BCUT2D eigenvalue weighted by atomic mass is 9.95. The largest absolute Gasteiger partial charge is 0.351 e. The molecular weight excluding hydrogens is 392 g/mol. The van der Waals surface area contributed by atoms with E-state index in [9.17, 15) is 9.59 Å². The molecule has 1 aromatic carbocycles. The van der Waals surface area contributed by atoms with Crippen LogP contribution in [0.1, 0.15) is 19.3 Å². The van der Waals surface area contributed by atoms with Gasteiger partial charge in [0.1, 0.15) is 0 Å². The van der Waals surface area contributed by atoms with Crippen molar-refractivity contribution in [1.29, 1.82) is 0 Å². The Morgan fingerprint density at radius 1 is 1.03 bits per heavy atom. The van der Waals surface area contributed by atoms with Gasteiger partial charge in [0.15, 0.2) is 0 Å². The molecule has 2 aliphatic rings. The van der Waals surface area contributed by atoms with Crippen LogP contribution < -0.4 is 10.2 Å². The highest BCUT2D eigenvalue weighted by molar-refractivity contribution is 5.80. The maximum Gasteiger partial charge on any atom is 0.319 e. The van der Waals surface area contributed by atoms with Crippen molar-refractivity contribution in [3.63, 3.8) is 0 Å². The molecule has 164 valence electrons. The lowest BCUT2D eigenvalue weighted by molar-refractivity contribution is -0.126. The van der Waals surface area contributed by atoms with Gasteiger partial charge in [0.25, 0.3) is 0 Å². The molecule has 8 heteroatoms. The van der Waals surface area contributed by atoms with Gasteiger partial charge in [0.2, 0.25) is 11.9 Å². The van der Waals surface area contributed by atoms with Crippen molar-refractivity contribution in [2.75, 3.05) is 45.2 Å². The molecule has 0 saturated carbocycles. The van der Waals surface area contributed by atoms with E-state index in [4.69, 9.17) is 4.98 Å². The molecule has 0 bridgehead atoms. The van der Waals surface area contributed by atoms with Crippen LogP contribution in [0.3, 0.4) is 0 Å². The van der Waals surface area contributed by atoms with Gasteiger partial charge in [-0.05, 0) is 25.3 Å². The Morgan fingerprint density at radius 3 is 2.48 bits per heavy atom. The Labute approximate surface area is 183 Å². The molecule has 2 fully saturated rings. The number of aromatic nitrogens is 2.